The zero-order valence-corrected chi connectivity index (χ0v) is 17.0. The summed E-state index contributed by atoms with van der Waals surface area (Å²) in [6, 6.07) is 12.6. The summed E-state index contributed by atoms with van der Waals surface area (Å²) in [5.41, 5.74) is 2.32. The van der Waals surface area contributed by atoms with E-state index >= 15 is 0 Å². The van der Waals surface area contributed by atoms with Crippen LogP contribution in [0.25, 0.3) is 5.65 Å². The van der Waals surface area contributed by atoms with Gasteiger partial charge in [0.05, 0.1) is 11.6 Å². The van der Waals surface area contributed by atoms with Gasteiger partial charge in [0.1, 0.15) is 5.65 Å². The fourth-order valence-electron chi connectivity index (χ4n) is 3.80. The molecule has 4 nitrogen and oxygen atoms in total. The molecule has 0 bridgehead atoms. The smallest absolute Gasteiger partial charge is 0.349 e. The second kappa shape index (κ2) is 8.71. The lowest BCUT2D eigenvalue weighted by Crippen LogP contribution is -2.41. The van der Waals surface area contributed by atoms with E-state index in [-0.39, 0.29) is 18.7 Å². The standard InChI is InChI=1S/C22H22F3N3OS/c23-22(24,25)16-4-3-5-17(12-16)27-21(29)15-7-9-19(10-8-15)30-14-18-13-28-11-2-1-6-20(28)26-18/h1-2,6-11,13,16-17H,3-5,12,14H2,(H,27,29). The van der Waals surface area contributed by atoms with Crippen molar-refractivity contribution in [2.45, 2.75) is 48.5 Å². The van der Waals surface area contributed by atoms with Crippen LogP contribution in [-0.2, 0) is 5.75 Å². The Labute approximate surface area is 176 Å². The number of imidazole rings is 1. The van der Waals surface area contributed by atoms with Crippen LogP contribution in [0, 0.1) is 5.92 Å². The van der Waals surface area contributed by atoms with Crippen molar-refractivity contribution in [2.75, 3.05) is 0 Å². The first kappa shape index (κ1) is 20.8. The number of pyridine rings is 1. The molecule has 0 radical (unpaired) electrons. The van der Waals surface area contributed by atoms with Gasteiger partial charge in [0.25, 0.3) is 5.91 Å². The van der Waals surface area contributed by atoms with Gasteiger partial charge in [-0.3, -0.25) is 4.79 Å². The largest absolute Gasteiger partial charge is 0.391 e. The number of hydrogen-bond donors (Lipinski definition) is 1. The summed E-state index contributed by atoms with van der Waals surface area (Å²) >= 11 is 1.62. The van der Waals surface area contributed by atoms with Crippen LogP contribution >= 0.6 is 11.8 Å². The number of nitrogens with zero attached hydrogens (tertiary/aromatic N) is 2. The van der Waals surface area contributed by atoms with Crippen LogP contribution in [0.5, 0.6) is 0 Å². The van der Waals surface area contributed by atoms with Crippen LogP contribution in [0.3, 0.4) is 0 Å². The Morgan fingerprint density at radius 3 is 2.70 bits per heavy atom. The number of nitrogens with one attached hydrogen (secondary N) is 1. The number of carbonyl (C=O) groups excluding carboxylic acids is 1. The SMILES string of the molecule is O=C(NC1CCCC(C(F)(F)F)C1)c1ccc(SCc2cn3ccccc3n2)cc1. The first-order chi connectivity index (χ1) is 14.4. The van der Waals surface area contributed by atoms with Crippen LogP contribution in [0.2, 0.25) is 0 Å². The summed E-state index contributed by atoms with van der Waals surface area (Å²) in [6.07, 6.45) is 0.925. The number of fused-ring (bicyclic) bond motifs is 1. The average molecular weight is 433 g/mol. The van der Waals surface area contributed by atoms with Crippen molar-refractivity contribution in [3.63, 3.8) is 0 Å². The molecule has 30 heavy (non-hydrogen) atoms. The van der Waals surface area contributed by atoms with Gasteiger partial charge in [-0.1, -0.05) is 12.5 Å². The number of rotatable bonds is 5. The lowest BCUT2D eigenvalue weighted by atomic mass is 9.85. The first-order valence-corrected chi connectivity index (χ1v) is 10.9. The second-order valence-corrected chi connectivity index (χ2v) is 8.64. The van der Waals surface area contributed by atoms with Gasteiger partial charge in [-0.2, -0.15) is 13.2 Å². The van der Waals surface area contributed by atoms with Crippen molar-refractivity contribution >= 4 is 23.3 Å². The van der Waals surface area contributed by atoms with E-state index in [1.165, 1.54) is 0 Å². The molecular weight excluding hydrogens is 411 g/mol. The fraction of sp³-hybridized carbons (Fsp3) is 0.364. The summed E-state index contributed by atoms with van der Waals surface area (Å²) in [5.74, 6) is -0.941. The van der Waals surface area contributed by atoms with Gasteiger partial charge in [0, 0.05) is 34.6 Å². The van der Waals surface area contributed by atoms with Gasteiger partial charge in [-0.25, -0.2) is 4.98 Å². The molecule has 2 atom stereocenters. The van der Waals surface area contributed by atoms with Crippen LogP contribution < -0.4 is 5.32 Å². The highest BCUT2D eigenvalue weighted by molar-refractivity contribution is 7.98. The lowest BCUT2D eigenvalue weighted by Gasteiger charge is -2.31. The maximum absolute atomic E-state index is 13.0. The van der Waals surface area contributed by atoms with E-state index in [0.717, 1.165) is 16.2 Å². The maximum atomic E-state index is 13.0. The van der Waals surface area contributed by atoms with Gasteiger partial charge in [-0.05, 0) is 55.7 Å². The van der Waals surface area contributed by atoms with Crippen molar-refractivity contribution < 1.29 is 18.0 Å². The summed E-state index contributed by atoms with van der Waals surface area (Å²) in [7, 11) is 0. The Morgan fingerprint density at radius 2 is 1.97 bits per heavy atom. The predicted octanol–water partition coefficient (Wildman–Crippen LogP) is 5.48. The molecule has 158 valence electrons. The molecule has 8 heteroatoms. The molecule has 0 saturated heterocycles. The molecule has 2 unspecified atom stereocenters. The Morgan fingerprint density at radius 1 is 1.17 bits per heavy atom. The Bertz CT molecular complexity index is 983. The predicted molar refractivity (Wildman–Crippen MR) is 110 cm³/mol. The summed E-state index contributed by atoms with van der Waals surface area (Å²) < 4.78 is 40.8. The molecule has 1 N–H and O–H groups in total. The van der Waals surface area contributed by atoms with E-state index in [2.05, 4.69) is 10.3 Å². The molecule has 1 aliphatic carbocycles. The molecule has 1 aromatic carbocycles. The number of aromatic nitrogens is 2. The highest BCUT2D eigenvalue weighted by Crippen LogP contribution is 2.37. The fourth-order valence-corrected chi connectivity index (χ4v) is 4.59. The molecule has 1 amide bonds. The number of hydrogen-bond acceptors (Lipinski definition) is 3. The van der Waals surface area contributed by atoms with Crippen molar-refractivity contribution in [1.82, 2.24) is 14.7 Å². The molecule has 1 fully saturated rings. The van der Waals surface area contributed by atoms with Crippen LogP contribution in [-0.4, -0.2) is 27.5 Å². The highest BCUT2D eigenvalue weighted by atomic mass is 32.2. The van der Waals surface area contributed by atoms with E-state index in [1.54, 1.807) is 23.9 Å². The average Bonchev–Trinajstić information content (AvgIpc) is 3.15. The normalized spacial score (nSPS) is 19.7. The van der Waals surface area contributed by atoms with E-state index in [9.17, 15) is 18.0 Å². The monoisotopic (exact) mass is 433 g/mol. The summed E-state index contributed by atoms with van der Waals surface area (Å²) in [6.45, 7) is 0. The minimum Gasteiger partial charge on any atom is -0.349 e. The quantitative estimate of drug-likeness (QED) is 0.542. The van der Waals surface area contributed by atoms with E-state index in [0.29, 0.717) is 24.2 Å². The van der Waals surface area contributed by atoms with Crippen molar-refractivity contribution in [2.24, 2.45) is 5.92 Å². The molecule has 1 saturated carbocycles. The van der Waals surface area contributed by atoms with Gasteiger partial charge < -0.3 is 9.72 Å². The van der Waals surface area contributed by atoms with Crippen molar-refractivity contribution in [1.29, 1.82) is 0 Å². The van der Waals surface area contributed by atoms with E-state index in [4.69, 9.17) is 0 Å². The molecule has 4 rings (SSSR count). The Balaban J connectivity index is 1.32. The molecule has 0 spiro atoms. The number of alkyl halides is 3. The van der Waals surface area contributed by atoms with Gasteiger partial charge in [0.2, 0.25) is 0 Å². The topological polar surface area (TPSA) is 46.4 Å². The highest BCUT2D eigenvalue weighted by Gasteiger charge is 2.42. The van der Waals surface area contributed by atoms with Crippen LogP contribution in [0.1, 0.15) is 41.7 Å². The first-order valence-electron chi connectivity index (χ1n) is 9.91. The number of benzene rings is 1. The number of halogens is 3. The van der Waals surface area contributed by atoms with Gasteiger partial charge in [-0.15, -0.1) is 11.8 Å². The zero-order chi connectivity index (χ0) is 21.1. The molecular formula is C22H22F3N3OS. The van der Waals surface area contributed by atoms with E-state index < -0.39 is 18.1 Å². The third-order valence-electron chi connectivity index (χ3n) is 5.39. The number of amides is 1. The maximum Gasteiger partial charge on any atom is 0.391 e. The number of thioether (sulfide) groups is 1. The molecule has 3 aromatic rings. The summed E-state index contributed by atoms with van der Waals surface area (Å²) in [4.78, 5) is 18.0. The molecule has 1 aliphatic rings. The van der Waals surface area contributed by atoms with E-state index in [1.807, 2.05) is 47.1 Å². The van der Waals surface area contributed by atoms with Crippen molar-refractivity contribution in [3.8, 4) is 0 Å². The third-order valence-corrected chi connectivity index (χ3v) is 6.44. The minimum absolute atomic E-state index is 0.0395. The Kier molecular flexibility index (Phi) is 6.04. The third kappa shape index (κ3) is 4.98. The molecule has 0 aliphatic heterocycles. The van der Waals surface area contributed by atoms with Gasteiger partial charge in [0.15, 0.2) is 0 Å². The minimum atomic E-state index is -4.19. The zero-order valence-electron chi connectivity index (χ0n) is 16.2. The van der Waals surface area contributed by atoms with Crippen LogP contribution in [0.4, 0.5) is 13.2 Å². The Hall–Kier alpha value is -2.48. The lowest BCUT2D eigenvalue weighted by molar-refractivity contribution is -0.183. The molecule has 2 aromatic heterocycles. The van der Waals surface area contributed by atoms with Crippen LogP contribution in [0.15, 0.2) is 59.8 Å². The molecule has 2 heterocycles. The number of carbonyl (C=O) groups is 1. The second-order valence-electron chi connectivity index (χ2n) is 7.59. The van der Waals surface area contributed by atoms with Crippen molar-refractivity contribution in [3.05, 3.63) is 66.1 Å². The summed E-state index contributed by atoms with van der Waals surface area (Å²) in [5, 5.41) is 2.77. The van der Waals surface area contributed by atoms with Gasteiger partial charge >= 0.3 is 6.18 Å².